The second-order valence-corrected chi connectivity index (χ2v) is 9.36. The molecule has 1 amide bonds. The van der Waals surface area contributed by atoms with Gasteiger partial charge in [-0.1, -0.05) is 29.8 Å². The summed E-state index contributed by atoms with van der Waals surface area (Å²) in [6.45, 7) is 8.87. The van der Waals surface area contributed by atoms with E-state index in [1.807, 2.05) is 55.1 Å². The molecule has 0 bridgehead atoms. The van der Waals surface area contributed by atoms with Crippen molar-refractivity contribution >= 4 is 39.1 Å². The molecule has 4 aromatic rings. The van der Waals surface area contributed by atoms with Crippen LogP contribution in [0.3, 0.4) is 0 Å². The zero-order valence-electron chi connectivity index (χ0n) is 17.5. The van der Waals surface area contributed by atoms with E-state index in [0.717, 1.165) is 32.9 Å². The lowest BCUT2D eigenvalue weighted by atomic mass is 10.1. The summed E-state index contributed by atoms with van der Waals surface area (Å²) in [5.74, 6) is 0.000497. The average Bonchev–Trinajstić information content (AvgIpc) is 3.23. The maximum atomic E-state index is 13.4. The number of nitrogens with zero attached hydrogens (tertiary/aromatic N) is 3. The number of fused-ring (bicyclic) bond motifs is 1. The lowest BCUT2D eigenvalue weighted by molar-refractivity contribution is 0.0690. The molecule has 0 radical (unpaired) electrons. The summed E-state index contributed by atoms with van der Waals surface area (Å²) in [5, 5.41) is 0. The molecular formula is C24H24ClN3OS. The molecule has 2 heterocycles. The minimum absolute atomic E-state index is 0.000497. The third-order valence-corrected chi connectivity index (χ3v) is 6.52. The number of halogens is 1. The van der Waals surface area contributed by atoms with Crippen LogP contribution in [0, 0.1) is 13.8 Å². The Kier molecular flexibility index (Phi) is 5.67. The van der Waals surface area contributed by atoms with E-state index >= 15 is 0 Å². The largest absolute Gasteiger partial charge is 0.332 e. The number of thiazole rings is 1. The van der Waals surface area contributed by atoms with Crippen molar-refractivity contribution in [3.05, 3.63) is 81.6 Å². The van der Waals surface area contributed by atoms with Crippen LogP contribution in [-0.4, -0.2) is 26.4 Å². The van der Waals surface area contributed by atoms with Crippen LogP contribution < -0.4 is 0 Å². The van der Waals surface area contributed by atoms with E-state index in [2.05, 4.69) is 41.6 Å². The van der Waals surface area contributed by atoms with Gasteiger partial charge >= 0.3 is 0 Å². The normalized spacial score (nSPS) is 11.4. The van der Waals surface area contributed by atoms with Crippen molar-refractivity contribution < 1.29 is 4.79 Å². The SMILES string of the molecule is Cc1cc(CN(C(=O)c2ccc3sc(Cl)nc3c2)C(C)C)c(C)n1-c1ccccc1. The third kappa shape index (κ3) is 3.87. The molecule has 0 aliphatic carbocycles. The molecule has 2 aromatic carbocycles. The van der Waals surface area contributed by atoms with Crippen LogP contribution in [0.25, 0.3) is 15.9 Å². The van der Waals surface area contributed by atoms with Gasteiger partial charge in [0.15, 0.2) is 4.47 Å². The standard InChI is InChI=1S/C24H24ClN3OS/c1-15(2)27(23(29)18-10-11-22-21(13-18)26-24(25)30-22)14-19-12-16(3)28(17(19)4)20-8-6-5-7-9-20/h5-13,15H,14H2,1-4H3. The number of rotatable bonds is 5. The van der Waals surface area contributed by atoms with E-state index in [0.29, 0.717) is 16.6 Å². The van der Waals surface area contributed by atoms with Crippen LogP contribution in [0.1, 0.15) is 41.2 Å². The lowest BCUT2D eigenvalue weighted by Crippen LogP contribution is -2.36. The Labute approximate surface area is 185 Å². The lowest BCUT2D eigenvalue weighted by Gasteiger charge is -2.27. The molecule has 0 saturated heterocycles. The molecule has 30 heavy (non-hydrogen) atoms. The summed E-state index contributed by atoms with van der Waals surface area (Å²) >= 11 is 7.45. The number of para-hydroxylation sites is 1. The van der Waals surface area contributed by atoms with Crippen LogP contribution >= 0.6 is 22.9 Å². The van der Waals surface area contributed by atoms with Crippen molar-refractivity contribution in [1.82, 2.24) is 14.5 Å². The molecule has 0 aliphatic rings. The molecule has 4 rings (SSSR count). The molecule has 154 valence electrons. The molecule has 0 atom stereocenters. The van der Waals surface area contributed by atoms with E-state index in [1.165, 1.54) is 11.3 Å². The zero-order chi connectivity index (χ0) is 21.4. The Morgan fingerprint density at radius 2 is 1.87 bits per heavy atom. The van der Waals surface area contributed by atoms with Crippen LogP contribution in [0.15, 0.2) is 54.6 Å². The van der Waals surface area contributed by atoms with Gasteiger partial charge in [0.1, 0.15) is 0 Å². The Balaban J connectivity index is 1.66. The first kappa shape index (κ1) is 20.6. The van der Waals surface area contributed by atoms with Gasteiger partial charge in [-0.2, -0.15) is 0 Å². The summed E-state index contributed by atoms with van der Waals surface area (Å²) in [5.41, 5.74) is 5.99. The number of carbonyl (C=O) groups is 1. The highest BCUT2D eigenvalue weighted by atomic mass is 35.5. The van der Waals surface area contributed by atoms with Gasteiger partial charge in [-0.25, -0.2) is 4.98 Å². The van der Waals surface area contributed by atoms with Crippen molar-refractivity contribution in [2.24, 2.45) is 0 Å². The highest BCUT2D eigenvalue weighted by molar-refractivity contribution is 7.22. The molecule has 0 aliphatic heterocycles. The second kappa shape index (κ2) is 8.25. The van der Waals surface area contributed by atoms with Gasteiger partial charge in [0.05, 0.1) is 10.2 Å². The Hall–Kier alpha value is -2.63. The first-order chi connectivity index (χ1) is 14.3. The van der Waals surface area contributed by atoms with Crippen LogP contribution in [0.2, 0.25) is 4.47 Å². The van der Waals surface area contributed by atoms with Crippen molar-refractivity contribution in [3.8, 4) is 5.69 Å². The molecule has 0 saturated carbocycles. The van der Waals surface area contributed by atoms with Crippen LogP contribution in [0.4, 0.5) is 0 Å². The van der Waals surface area contributed by atoms with E-state index in [1.54, 1.807) is 0 Å². The van der Waals surface area contributed by atoms with Gasteiger partial charge in [-0.05, 0) is 69.7 Å². The van der Waals surface area contributed by atoms with E-state index in [4.69, 9.17) is 11.6 Å². The third-order valence-electron chi connectivity index (χ3n) is 5.38. The van der Waals surface area contributed by atoms with Gasteiger partial charge in [-0.15, -0.1) is 11.3 Å². The Bertz CT molecular complexity index is 1210. The molecule has 0 spiro atoms. The van der Waals surface area contributed by atoms with Gasteiger partial charge in [0, 0.05) is 35.2 Å². The highest BCUT2D eigenvalue weighted by Crippen LogP contribution is 2.28. The summed E-state index contributed by atoms with van der Waals surface area (Å²) in [4.78, 5) is 19.6. The quantitative estimate of drug-likeness (QED) is 0.362. The number of amides is 1. The van der Waals surface area contributed by atoms with Crippen molar-refractivity contribution in [2.45, 2.75) is 40.3 Å². The number of aryl methyl sites for hydroxylation is 1. The van der Waals surface area contributed by atoms with Crippen molar-refractivity contribution in [1.29, 1.82) is 0 Å². The van der Waals surface area contributed by atoms with Gasteiger partial charge in [0.25, 0.3) is 5.91 Å². The number of hydrogen-bond acceptors (Lipinski definition) is 3. The summed E-state index contributed by atoms with van der Waals surface area (Å²) in [7, 11) is 0. The Morgan fingerprint density at radius 3 is 2.57 bits per heavy atom. The average molecular weight is 438 g/mol. The number of benzene rings is 2. The van der Waals surface area contributed by atoms with Gasteiger partial charge < -0.3 is 9.47 Å². The van der Waals surface area contributed by atoms with Gasteiger partial charge in [0.2, 0.25) is 0 Å². The fourth-order valence-corrected chi connectivity index (χ4v) is 4.85. The van der Waals surface area contributed by atoms with E-state index in [-0.39, 0.29) is 11.9 Å². The predicted octanol–water partition coefficient (Wildman–Crippen LogP) is 6.41. The first-order valence-corrected chi connectivity index (χ1v) is 11.1. The van der Waals surface area contributed by atoms with Crippen molar-refractivity contribution in [2.75, 3.05) is 0 Å². The van der Waals surface area contributed by atoms with E-state index in [9.17, 15) is 4.79 Å². The van der Waals surface area contributed by atoms with Crippen molar-refractivity contribution in [3.63, 3.8) is 0 Å². The maximum absolute atomic E-state index is 13.4. The number of carbonyl (C=O) groups excluding carboxylic acids is 1. The topological polar surface area (TPSA) is 38.1 Å². The minimum Gasteiger partial charge on any atom is -0.332 e. The predicted molar refractivity (Wildman–Crippen MR) is 125 cm³/mol. The molecular weight excluding hydrogens is 414 g/mol. The highest BCUT2D eigenvalue weighted by Gasteiger charge is 2.22. The fourth-order valence-electron chi connectivity index (χ4n) is 3.83. The summed E-state index contributed by atoms with van der Waals surface area (Å²) in [6, 6.07) is 18.2. The van der Waals surface area contributed by atoms with Gasteiger partial charge in [-0.3, -0.25) is 4.79 Å². The first-order valence-electron chi connectivity index (χ1n) is 9.95. The summed E-state index contributed by atoms with van der Waals surface area (Å²) in [6.07, 6.45) is 0. The zero-order valence-corrected chi connectivity index (χ0v) is 19.1. The monoisotopic (exact) mass is 437 g/mol. The molecule has 0 fully saturated rings. The van der Waals surface area contributed by atoms with Crippen LogP contribution in [-0.2, 0) is 6.54 Å². The summed E-state index contributed by atoms with van der Waals surface area (Å²) < 4.78 is 3.71. The number of hydrogen-bond donors (Lipinski definition) is 0. The Morgan fingerprint density at radius 1 is 1.13 bits per heavy atom. The molecule has 2 aromatic heterocycles. The molecule has 4 nitrogen and oxygen atoms in total. The molecule has 0 unspecified atom stereocenters. The molecule has 6 heteroatoms. The second-order valence-electron chi connectivity index (χ2n) is 7.74. The number of aromatic nitrogens is 2. The minimum atomic E-state index is 0.000497. The smallest absolute Gasteiger partial charge is 0.254 e. The van der Waals surface area contributed by atoms with E-state index < -0.39 is 0 Å². The molecule has 0 N–H and O–H groups in total. The maximum Gasteiger partial charge on any atom is 0.254 e. The fraction of sp³-hybridized carbons (Fsp3) is 0.250. The van der Waals surface area contributed by atoms with Crippen LogP contribution in [0.5, 0.6) is 0 Å².